The van der Waals surface area contributed by atoms with Crippen molar-refractivity contribution in [1.29, 1.82) is 0 Å². The third kappa shape index (κ3) is 4.60. The lowest BCUT2D eigenvalue weighted by molar-refractivity contribution is -0.132. The van der Waals surface area contributed by atoms with E-state index in [1.54, 1.807) is 25.6 Å². The fraction of sp³-hybridized carbons (Fsp3) is 0.320. The van der Waals surface area contributed by atoms with Crippen LogP contribution in [0.15, 0.2) is 59.3 Å². The molecule has 0 saturated heterocycles. The molecule has 3 aromatic rings. The van der Waals surface area contributed by atoms with Gasteiger partial charge in [0.15, 0.2) is 11.5 Å². The summed E-state index contributed by atoms with van der Waals surface area (Å²) in [7, 11) is 5.20. The summed E-state index contributed by atoms with van der Waals surface area (Å²) in [5.41, 5.74) is 4.75. The number of methoxy groups -OCH3 is 2. The molecule has 5 nitrogen and oxygen atoms in total. The van der Waals surface area contributed by atoms with Gasteiger partial charge in [0, 0.05) is 20.1 Å². The molecule has 1 amide bonds. The van der Waals surface area contributed by atoms with Gasteiger partial charge in [-0.15, -0.1) is 0 Å². The zero-order valence-electron chi connectivity index (χ0n) is 18.2. The first kappa shape index (κ1) is 21.4. The molecule has 1 atom stereocenters. The maximum Gasteiger partial charge on any atom is 0.236 e. The molecule has 0 bridgehead atoms. The lowest BCUT2D eigenvalue weighted by Gasteiger charge is -2.38. The molecule has 0 saturated carbocycles. The number of benzene rings is 2. The minimum Gasteiger partial charge on any atom is -0.493 e. The highest BCUT2D eigenvalue weighted by molar-refractivity contribution is 7.07. The van der Waals surface area contributed by atoms with Gasteiger partial charge in [-0.3, -0.25) is 9.69 Å². The predicted molar refractivity (Wildman–Crippen MR) is 124 cm³/mol. The Bertz CT molecular complexity index is 1020. The molecule has 0 spiro atoms. The topological polar surface area (TPSA) is 42.0 Å². The number of ether oxygens (including phenoxy) is 2. The number of carbonyl (C=O) groups excluding carboxylic acids is 1. The van der Waals surface area contributed by atoms with E-state index in [4.69, 9.17) is 9.47 Å². The second-order valence-electron chi connectivity index (χ2n) is 7.82. The largest absolute Gasteiger partial charge is 0.493 e. The van der Waals surface area contributed by atoms with Gasteiger partial charge in [0.2, 0.25) is 5.91 Å². The van der Waals surface area contributed by atoms with E-state index in [0.717, 1.165) is 18.7 Å². The summed E-state index contributed by atoms with van der Waals surface area (Å²) in [5, 5.41) is 4.13. The number of amides is 1. The first-order chi connectivity index (χ1) is 15.1. The molecule has 1 aliphatic heterocycles. The minimum atomic E-state index is -0.0109. The first-order valence-electron chi connectivity index (χ1n) is 10.4. The molecule has 31 heavy (non-hydrogen) atoms. The van der Waals surface area contributed by atoms with Crippen molar-refractivity contribution in [3.05, 3.63) is 81.5 Å². The lowest BCUT2D eigenvalue weighted by Crippen LogP contribution is -2.43. The summed E-state index contributed by atoms with van der Waals surface area (Å²) in [6.45, 7) is 1.81. The SMILES string of the molecule is COc1cc2c(cc1OC)[C@@H](c1ccccc1)N(CC(=O)N(C)Cc1ccsc1)CC2. The van der Waals surface area contributed by atoms with E-state index < -0.39 is 0 Å². The second-order valence-corrected chi connectivity index (χ2v) is 8.60. The van der Waals surface area contributed by atoms with Gasteiger partial charge in [-0.2, -0.15) is 11.3 Å². The Labute approximate surface area is 187 Å². The number of thiophene rings is 1. The molecule has 0 unspecified atom stereocenters. The Morgan fingerprint density at radius 1 is 1.13 bits per heavy atom. The van der Waals surface area contributed by atoms with Crippen molar-refractivity contribution in [3.63, 3.8) is 0 Å². The van der Waals surface area contributed by atoms with Crippen molar-refractivity contribution in [1.82, 2.24) is 9.80 Å². The molecule has 1 aliphatic rings. The van der Waals surface area contributed by atoms with Crippen molar-refractivity contribution in [3.8, 4) is 11.5 Å². The molecule has 2 heterocycles. The quantitative estimate of drug-likeness (QED) is 0.552. The molecule has 0 aliphatic carbocycles. The average Bonchev–Trinajstić information content (AvgIpc) is 3.31. The van der Waals surface area contributed by atoms with Crippen molar-refractivity contribution < 1.29 is 14.3 Å². The van der Waals surface area contributed by atoms with Crippen LogP contribution in [0.5, 0.6) is 11.5 Å². The summed E-state index contributed by atoms with van der Waals surface area (Å²) in [6, 6.07) is 16.6. The number of likely N-dealkylation sites (N-methyl/N-ethyl adjacent to an activating group) is 1. The number of carbonyl (C=O) groups is 1. The number of nitrogens with zero attached hydrogens (tertiary/aromatic N) is 2. The van der Waals surface area contributed by atoms with Gasteiger partial charge in [0.1, 0.15) is 0 Å². The zero-order chi connectivity index (χ0) is 21.8. The number of hydrogen-bond donors (Lipinski definition) is 0. The zero-order valence-corrected chi connectivity index (χ0v) is 19.0. The maximum absolute atomic E-state index is 13.1. The van der Waals surface area contributed by atoms with Crippen LogP contribution in [0.3, 0.4) is 0 Å². The molecule has 0 radical (unpaired) electrons. The highest BCUT2D eigenvalue weighted by atomic mass is 32.1. The Balaban J connectivity index is 1.64. The summed E-state index contributed by atoms with van der Waals surface area (Å²) in [4.78, 5) is 17.2. The number of hydrogen-bond acceptors (Lipinski definition) is 5. The molecule has 2 aromatic carbocycles. The first-order valence-corrected chi connectivity index (χ1v) is 11.3. The lowest BCUT2D eigenvalue weighted by atomic mass is 9.87. The van der Waals surface area contributed by atoms with Gasteiger partial charge >= 0.3 is 0 Å². The van der Waals surface area contributed by atoms with Crippen LogP contribution >= 0.6 is 11.3 Å². The summed E-state index contributed by atoms with van der Waals surface area (Å²) >= 11 is 1.65. The van der Waals surface area contributed by atoms with Gasteiger partial charge in [0.25, 0.3) is 0 Å². The summed E-state index contributed by atoms with van der Waals surface area (Å²) < 4.78 is 11.1. The van der Waals surface area contributed by atoms with E-state index in [-0.39, 0.29) is 11.9 Å². The monoisotopic (exact) mass is 436 g/mol. The van der Waals surface area contributed by atoms with Crippen LogP contribution in [0, 0.1) is 0 Å². The second kappa shape index (κ2) is 9.54. The highest BCUT2D eigenvalue weighted by Gasteiger charge is 2.32. The van der Waals surface area contributed by atoms with E-state index in [0.29, 0.717) is 18.8 Å². The van der Waals surface area contributed by atoms with Crippen molar-refractivity contribution in [2.45, 2.75) is 19.0 Å². The van der Waals surface area contributed by atoms with Crippen molar-refractivity contribution in [2.24, 2.45) is 0 Å². The third-order valence-corrected chi connectivity index (χ3v) is 6.58. The molecule has 6 heteroatoms. The van der Waals surface area contributed by atoms with Crippen LogP contribution in [0.1, 0.15) is 28.3 Å². The number of fused-ring (bicyclic) bond motifs is 1. The molecule has 162 valence electrons. The van der Waals surface area contributed by atoms with E-state index in [1.165, 1.54) is 22.3 Å². The average molecular weight is 437 g/mol. The van der Waals surface area contributed by atoms with Gasteiger partial charge in [0.05, 0.1) is 26.8 Å². The minimum absolute atomic E-state index is 0.0109. The van der Waals surface area contributed by atoms with Gasteiger partial charge in [-0.05, 0) is 57.6 Å². The molecular formula is C25H28N2O3S. The Hall–Kier alpha value is -2.83. The Morgan fingerprint density at radius 2 is 1.87 bits per heavy atom. The van der Waals surface area contributed by atoms with Crippen LogP contribution in [0.25, 0.3) is 0 Å². The fourth-order valence-electron chi connectivity index (χ4n) is 4.23. The highest BCUT2D eigenvalue weighted by Crippen LogP contribution is 2.40. The van der Waals surface area contributed by atoms with Gasteiger partial charge < -0.3 is 14.4 Å². The van der Waals surface area contributed by atoms with Crippen molar-refractivity contribution in [2.75, 3.05) is 34.4 Å². The smallest absolute Gasteiger partial charge is 0.236 e. The third-order valence-electron chi connectivity index (χ3n) is 5.85. The molecular weight excluding hydrogens is 408 g/mol. The van der Waals surface area contributed by atoms with Crippen LogP contribution in [-0.2, 0) is 17.8 Å². The maximum atomic E-state index is 13.1. The molecule has 4 rings (SSSR count). The normalized spacial score (nSPS) is 15.9. The fourth-order valence-corrected chi connectivity index (χ4v) is 4.89. The molecule has 1 aromatic heterocycles. The summed E-state index contributed by atoms with van der Waals surface area (Å²) in [6.07, 6.45) is 0.862. The Kier molecular flexibility index (Phi) is 6.59. The van der Waals surface area contributed by atoms with E-state index in [2.05, 4.69) is 40.6 Å². The number of rotatable bonds is 7. The molecule has 0 N–H and O–H groups in total. The standard InChI is InChI=1S/C25H28N2O3S/c1-26(15-18-10-12-31-17-18)24(28)16-27-11-9-20-13-22(29-2)23(30-3)14-21(20)25(27)19-7-5-4-6-8-19/h4-8,10,12-14,17,25H,9,11,15-16H2,1-3H3/t25-/m1/s1. The van der Waals surface area contributed by atoms with Crippen LogP contribution < -0.4 is 9.47 Å². The van der Waals surface area contributed by atoms with Gasteiger partial charge in [-0.1, -0.05) is 30.3 Å². The van der Waals surface area contributed by atoms with E-state index >= 15 is 0 Å². The van der Waals surface area contributed by atoms with Crippen molar-refractivity contribution >= 4 is 17.2 Å². The van der Waals surface area contributed by atoms with Crippen LogP contribution in [0.4, 0.5) is 0 Å². The van der Waals surface area contributed by atoms with E-state index in [9.17, 15) is 4.79 Å². The Morgan fingerprint density at radius 3 is 2.55 bits per heavy atom. The summed E-state index contributed by atoms with van der Waals surface area (Å²) in [5.74, 6) is 1.58. The van der Waals surface area contributed by atoms with Crippen LogP contribution in [0.2, 0.25) is 0 Å². The predicted octanol–water partition coefficient (Wildman–Crippen LogP) is 4.37. The van der Waals surface area contributed by atoms with E-state index in [1.807, 2.05) is 35.5 Å². The van der Waals surface area contributed by atoms with Crippen LogP contribution in [-0.4, -0.2) is 50.1 Å². The molecule has 0 fully saturated rings. The van der Waals surface area contributed by atoms with Gasteiger partial charge in [-0.25, -0.2) is 0 Å².